The number of aromatic nitrogens is 2. The molecule has 0 aliphatic heterocycles. The van der Waals surface area contributed by atoms with Gasteiger partial charge in [0.2, 0.25) is 5.69 Å². The van der Waals surface area contributed by atoms with Crippen molar-refractivity contribution in [1.82, 2.24) is 4.98 Å². The molecular formula is C25H21N2O+. The van der Waals surface area contributed by atoms with Crippen LogP contribution in [-0.4, -0.2) is 4.98 Å². The van der Waals surface area contributed by atoms with Gasteiger partial charge in [-0.2, -0.15) is 4.57 Å². The standard InChI is InChI=1S/C25H21N2O/c1-16-11-12-20-19-8-4-5-10-23(19)28-25(20)24(16)22-15-18(14-17(2)27(22)3)21-9-6-7-13-26-21/h4-15H,1-3H3/q+1. The molecule has 0 saturated carbocycles. The van der Waals surface area contributed by atoms with Gasteiger partial charge in [-0.3, -0.25) is 4.98 Å². The highest BCUT2D eigenvalue weighted by Crippen LogP contribution is 2.37. The van der Waals surface area contributed by atoms with E-state index in [4.69, 9.17) is 4.42 Å². The Labute approximate surface area is 163 Å². The van der Waals surface area contributed by atoms with Crippen LogP contribution in [0.4, 0.5) is 0 Å². The summed E-state index contributed by atoms with van der Waals surface area (Å²) in [6, 6.07) is 23.0. The van der Waals surface area contributed by atoms with Crippen LogP contribution in [0.3, 0.4) is 0 Å². The molecule has 0 unspecified atom stereocenters. The van der Waals surface area contributed by atoms with E-state index in [0.29, 0.717) is 0 Å². The molecule has 3 aromatic heterocycles. The van der Waals surface area contributed by atoms with Gasteiger partial charge in [-0.15, -0.1) is 0 Å². The number of aryl methyl sites for hydroxylation is 2. The van der Waals surface area contributed by atoms with Crippen molar-refractivity contribution in [3.63, 3.8) is 0 Å². The number of pyridine rings is 2. The lowest BCUT2D eigenvalue weighted by molar-refractivity contribution is -0.666. The van der Waals surface area contributed by atoms with Crippen molar-refractivity contribution < 1.29 is 8.98 Å². The summed E-state index contributed by atoms with van der Waals surface area (Å²) in [4.78, 5) is 4.54. The Balaban J connectivity index is 1.85. The summed E-state index contributed by atoms with van der Waals surface area (Å²) >= 11 is 0. The number of fused-ring (bicyclic) bond motifs is 3. The lowest BCUT2D eigenvalue weighted by Gasteiger charge is -2.09. The number of hydrogen-bond donors (Lipinski definition) is 0. The van der Waals surface area contributed by atoms with E-state index in [2.05, 4.69) is 66.8 Å². The largest absolute Gasteiger partial charge is 0.455 e. The second kappa shape index (κ2) is 6.31. The third-order valence-corrected chi connectivity index (χ3v) is 5.52. The van der Waals surface area contributed by atoms with E-state index >= 15 is 0 Å². The van der Waals surface area contributed by atoms with Crippen molar-refractivity contribution in [1.29, 1.82) is 0 Å². The highest BCUT2D eigenvalue weighted by Gasteiger charge is 2.23. The van der Waals surface area contributed by atoms with Crippen molar-refractivity contribution >= 4 is 21.9 Å². The molecule has 0 fully saturated rings. The summed E-state index contributed by atoms with van der Waals surface area (Å²) in [6.07, 6.45) is 1.84. The van der Waals surface area contributed by atoms with Crippen LogP contribution in [0.25, 0.3) is 44.5 Å². The molecule has 0 spiro atoms. The maximum atomic E-state index is 6.33. The second-order valence-electron chi connectivity index (χ2n) is 7.28. The number of para-hydroxylation sites is 1. The van der Waals surface area contributed by atoms with Gasteiger partial charge in [0.15, 0.2) is 5.69 Å². The van der Waals surface area contributed by atoms with Crippen molar-refractivity contribution in [3.8, 4) is 22.5 Å². The zero-order valence-electron chi connectivity index (χ0n) is 16.2. The second-order valence-corrected chi connectivity index (χ2v) is 7.28. The van der Waals surface area contributed by atoms with Crippen molar-refractivity contribution in [2.75, 3.05) is 0 Å². The Morgan fingerprint density at radius 3 is 2.50 bits per heavy atom. The number of furan rings is 1. The Bertz CT molecular complexity index is 1330. The van der Waals surface area contributed by atoms with E-state index in [1.54, 1.807) is 0 Å². The first-order valence-electron chi connectivity index (χ1n) is 9.47. The fourth-order valence-electron chi connectivity index (χ4n) is 3.92. The lowest BCUT2D eigenvalue weighted by atomic mass is 9.98. The maximum absolute atomic E-state index is 6.33. The molecule has 3 nitrogen and oxygen atoms in total. The molecule has 3 heteroatoms. The first kappa shape index (κ1) is 16.7. The third kappa shape index (κ3) is 2.51. The highest BCUT2D eigenvalue weighted by atomic mass is 16.3. The minimum atomic E-state index is 0.921. The zero-order valence-corrected chi connectivity index (χ0v) is 16.2. The summed E-state index contributed by atoms with van der Waals surface area (Å²) in [5.74, 6) is 0. The number of nitrogens with zero attached hydrogens (tertiary/aromatic N) is 2. The smallest absolute Gasteiger partial charge is 0.217 e. The van der Waals surface area contributed by atoms with Crippen LogP contribution in [0.1, 0.15) is 11.3 Å². The minimum absolute atomic E-state index is 0.921. The maximum Gasteiger partial charge on any atom is 0.217 e. The summed E-state index contributed by atoms with van der Waals surface area (Å²) in [6.45, 7) is 4.27. The number of rotatable bonds is 2. The van der Waals surface area contributed by atoms with Gasteiger partial charge in [-0.25, -0.2) is 0 Å². The van der Waals surface area contributed by atoms with Gasteiger partial charge < -0.3 is 4.42 Å². The molecule has 0 aliphatic carbocycles. The monoisotopic (exact) mass is 365 g/mol. The van der Waals surface area contributed by atoms with E-state index in [1.165, 1.54) is 11.3 Å². The molecule has 0 aliphatic rings. The molecule has 0 N–H and O–H groups in total. The Kier molecular flexibility index (Phi) is 3.76. The Morgan fingerprint density at radius 2 is 1.68 bits per heavy atom. The van der Waals surface area contributed by atoms with E-state index < -0.39 is 0 Å². The zero-order chi connectivity index (χ0) is 19.3. The van der Waals surface area contributed by atoms with Crippen LogP contribution in [0.2, 0.25) is 0 Å². The van der Waals surface area contributed by atoms with Crippen LogP contribution in [0, 0.1) is 13.8 Å². The van der Waals surface area contributed by atoms with Crippen LogP contribution < -0.4 is 4.57 Å². The molecule has 0 amide bonds. The summed E-state index contributed by atoms with van der Waals surface area (Å²) in [5.41, 5.74) is 8.57. The number of hydrogen-bond acceptors (Lipinski definition) is 2. The van der Waals surface area contributed by atoms with Gasteiger partial charge in [0.25, 0.3) is 0 Å². The molecule has 0 bridgehead atoms. The van der Waals surface area contributed by atoms with E-state index in [0.717, 1.165) is 44.5 Å². The SMILES string of the molecule is Cc1ccc2c(oc3ccccc32)c1-c1cc(-c2ccccn2)cc(C)[n+]1C. The summed E-state index contributed by atoms with van der Waals surface area (Å²) in [7, 11) is 2.10. The normalized spacial score (nSPS) is 11.4. The molecule has 28 heavy (non-hydrogen) atoms. The van der Waals surface area contributed by atoms with Crippen LogP contribution >= 0.6 is 0 Å². The molecule has 3 heterocycles. The van der Waals surface area contributed by atoms with Crippen molar-refractivity contribution in [3.05, 3.63) is 84.2 Å². The molecule has 5 aromatic rings. The number of benzene rings is 2. The first-order valence-corrected chi connectivity index (χ1v) is 9.47. The van der Waals surface area contributed by atoms with Crippen LogP contribution in [-0.2, 0) is 7.05 Å². The predicted molar refractivity (Wildman–Crippen MR) is 113 cm³/mol. The van der Waals surface area contributed by atoms with E-state index in [1.807, 2.05) is 36.5 Å². The topological polar surface area (TPSA) is 29.9 Å². The Hall–Kier alpha value is -3.46. The van der Waals surface area contributed by atoms with Gasteiger partial charge in [0, 0.05) is 41.6 Å². The highest BCUT2D eigenvalue weighted by molar-refractivity contribution is 6.09. The first-order chi connectivity index (χ1) is 13.6. The van der Waals surface area contributed by atoms with Crippen LogP contribution in [0.15, 0.2) is 77.3 Å². The lowest BCUT2D eigenvalue weighted by Crippen LogP contribution is -2.35. The molecule has 2 aromatic carbocycles. The van der Waals surface area contributed by atoms with Gasteiger partial charge in [0.1, 0.15) is 18.2 Å². The van der Waals surface area contributed by atoms with Crippen LogP contribution in [0.5, 0.6) is 0 Å². The molecule has 0 saturated heterocycles. The Morgan fingerprint density at radius 1 is 0.857 bits per heavy atom. The average molecular weight is 365 g/mol. The minimum Gasteiger partial charge on any atom is -0.455 e. The molecule has 0 radical (unpaired) electrons. The third-order valence-electron chi connectivity index (χ3n) is 5.52. The van der Waals surface area contributed by atoms with Crippen molar-refractivity contribution in [2.24, 2.45) is 7.05 Å². The van der Waals surface area contributed by atoms with Crippen molar-refractivity contribution in [2.45, 2.75) is 13.8 Å². The fourth-order valence-corrected chi connectivity index (χ4v) is 3.92. The van der Waals surface area contributed by atoms with Gasteiger partial charge in [-0.1, -0.05) is 36.4 Å². The van der Waals surface area contributed by atoms with E-state index in [9.17, 15) is 0 Å². The average Bonchev–Trinajstić information content (AvgIpc) is 3.09. The quantitative estimate of drug-likeness (QED) is 0.373. The molecule has 136 valence electrons. The fraction of sp³-hybridized carbons (Fsp3) is 0.120. The summed E-state index contributed by atoms with van der Waals surface area (Å²) in [5, 5.41) is 2.30. The molecule has 0 atom stereocenters. The molecule has 5 rings (SSSR count). The molecular weight excluding hydrogens is 344 g/mol. The predicted octanol–water partition coefficient (Wildman–Crippen LogP) is 5.76. The van der Waals surface area contributed by atoms with E-state index in [-0.39, 0.29) is 0 Å². The van der Waals surface area contributed by atoms with Gasteiger partial charge >= 0.3 is 0 Å². The van der Waals surface area contributed by atoms with Gasteiger partial charge in [0.05, 0.1) is 11.3 Å². The van der Waals surface area contributed by atoms with Gasteiger partial charge in [-0.05, 0) is 30.7 Å². The summed E-state index contributed by atoms with van der Waals surface area (Å²) < 4.78 is 8.55.